The monoisotopic (exact) mass is 284 g/mol. The molecule has 2 rings (SSSR count). The van der Waals surface area contributed by atoms with Crippen molar-refractivity contribution in [1.82, 2.24) is 0 Å². The van der Waals surface area contributed by atoms with E-state index in [1.54, 1.807) is 0 Å². The minimum Gasteiger partial charge on any atom is -0.324 e. The van der Waals surface area contributed by atoms with Gasteiger partial charge in [0.1, 0.15) is 6.07 Å². The summed E-state index contributed by atoms with van der Waals surface area (Å²) in [6.07, 6.45) is 1.99. The summed E-state index contributed by atoms with van der Waals surface area (Å²) >= 11 is 2.19. The number of benzene rings is 1. The number of nitriles is 1. The van der Waals surface area contributed by atoms with Crippen LogP contribution in [0.4, 0.5) is 0 Å². The van der Waals surface area contributed by atoms with Gasteiger partial charge in [-0.25, -0.2) is 0 Å². The van der Waals surface area contributed by atoms with Gasteiger partial charge in [0.25, 0.3) is 0 Å². The molecule has 13 heavy (non-hydrogen) atoms. The van der Waals surface area contributed by atoms with Crippen LogP contribution in [0.15, 0.2) is 12.1 Å². The van der Waals surface area contributed by atoms with Gasteiger partial charge in [0.15, 0.2) is 0 Å². The van der Waals surface area contributed by atoms with E-state index in [0.29, 0.717) is 0 Å². The predicted octanol–water partition coefficient (Wildman–Crippen LogP) is 2.11. The Morgan fingerprint density at radius 2 is 2.31 bits per heavy atom. The molecule has 0 heterocycles. The minimum atomic E-state index is 0.0689. The molecule has 0 aromatic heterocycles. The third-order valence-electron chi connectivity index (χ3n) is 2.49. The molecule has 2 nitrogen and oxygen atoms in total. The summed E-state index contributed by atoms with van der Waals surface area (Å²) < 4.78 is 1.01. The van der Waals surface area contributed by atoms with Crippen molar-refractivity contribution < 1.29 is 0 Å². The molecule has 1 aliphatic rings. The van der Waals surface area contributed by atoms with E-state index < -0.39 is 0 Å². The smallest absolute Gasteiger partial charge is 0.101 e. The van der Waals surface area contributed by atoms with Crippen molar-refractivity contribution in [1.29, 1.82) is 5.26 Å². The van der Waals surface area contributed by atoms with Crippen molar-refractivity contribution in [2.45, 2.75) is 18.9 Å². The van der Waals surface area contributed by atoms with Gasteiger partial charge < -0.3 is 5.73 Å². The highest BCUT2D eigenvalue weighted by Gasteiger charge is 2.23. The maximum absolute atomic E-state index is 8.99. The molecule has 1 unspecified atom stereocenters. The molecule has 3 heteroatoms. The number of nitrogens with zero attached hydrogens (tertiary/aromatic N) is 1. The molecule has 0 spiro atoms. The van der Waals surface area contributed by atoms with Crippen molar-refractivity contribution in [3.63, 3.8) is 0 Å². The molecule has 0 saturated heterocycles. The zero-order valence-corrected chi connectivity index (χ0v) is 9.21. The molecule has 0 radical (unpaired) electrons. The normalized spacial score (nSPS) is 19.6. The number of aryl methyl sites for hydroxylation is 1. The second kappa shape index (κ2) is 3.28. The van der Waals surface area contributed by atoms with Crippen molar-refractivity contribution in [2.24, 2.45) is 5.73 Å². The summed E-state index contributed by atoms with van der Waals surface area (Å²) in [5, 5.41) is 8.99. The number of nitrogens with two attached hydrogens (primary N) is 1. The molecular weight excluding hydrogens is 275 g/mol. The summed E-state index contributed by atoms with van der Waals surface area (Å²) in [6.45, 7) is 0. The number of hydrogen-bond acceptors (Lipinski definition) is 2. The van der Waals surface area contributed by atoms with Gasteiger partial charge in [0.05, 0.1) is 5.56 Å². The fraction of sp³-hybridized carbons (Fsp3) is 0.300. The lowest BCUT2D eigenvalue weighted by atomic mass is 10.0. The average Bonchev–Trinajstić information content (AvgIpc) is 2.49. The molecule has 0 aliphatic heterocycles. The lowest BCUT2D eigenvalue weighted by molar-refractivity contribution is 0.712. The summed E-state index contributed by atoms with van der Waals surface area (Å²) in [5.41, 5.74) is 9.05. The van der Waals surface area contributed by atoms with Crippen LogP contribution in [0, 0.1) is 14.9 Å². The van der Waals surface area contributed by atoms with Crippen LogP contribution in [-0.2, 0) is 6.42 Å². The van der Waals surface area contributed by atoms with E-state index in [-0.39, 0.29) is 6.04 Å². The second-order valence-electron chi connectivity index (χ2n) is 3.25. The molecule has 1 aromatic carbocycles. The van der Waals surface area contributed by atoms with E-state index in [1.807, 2.05) is 6.07 Å². The molecule has 1 aromatic rings. The van der Waals surface area contributed by atoms with Gasteiger partial charge in [-0.15, -0.1) is 0 Å². The van der Waals surface area contributed by atoms with Crippen LogP contribution in [0.1, 0.15) is 29.2 Å². The fourth-order valence-corrected chi connectivity index (χ4v) is 2.44. The van der Waals surface area contributed by atoms with Crippen molar-refractivity contribution in [3.8, 4) is 6.07 Å². The van der Waals surface area contributed by atoms with Gasteiger partial charge >= 0.3 is 0 Å². The number of fused-ring (bicyclic) bond motifs is 1. The number of halogens is 1. The van der Waals surface area contributed by atoms with Crippen molar-refractivity contribution in [3.05, 3.63) is 32.4 Å². The van der Waals surface area contributed by atoms with Crippen LogP contribution in [-0.4, -0.2) is 0 Å². The zero-order valence-electron chi connectivity index (χ0n) is 7.05. The summed E-state index contributed by atoms with van der Waals surface area (Å²) in [7, 11) is 0. The maximum atomic E-state index is 8.99. The van der Waals surface area contributed by atoms with Crippen molar-refractivity contribution in [2.75, 3.05) is 0 Å². The predicted molar refractivity (Wildman–Crippen MR) is 59.1 cm³/mol. The van der Waals surface area contributed by atoms with Crippen LogP contribution >= 0.6 is 22.6 Å². The van der Waals surface area contributed by atoms with Gasteiger partial charge in [-0.2, -0.15) is 5.26 Å². The highest BCUT2D eigenvalue weighted by molar-refractivity contribution is 14.1. The van der Waals surface area contributed by atoms with Gasteiger partial charge in [-0.05, 0) is 52.6 Å². The van der Waals surface area contributed by atoms with Crippen LogP contribution in [0.5, 0.6) is 0 Å². The van der Waals surface area contributed by atoms with Gasteiger partial charge in [0.2, 0.25) is 0 Å². The summed E-state index contributed by atoms with van der Waals surface area (Å²) in [4.78, 5) is 0. The van der Waals surface area contributed by atoms with E-state index in [4.69, 9.17) is 11.0 Å². The molecular formula is C10H9IN2. The lowest BCUT2D eigenvalue weighted by Gasteiger charge is -2.08. The summed E-state index contributed by atoms with van der Waals surface area (Å²) in [5.74, 6) is 0. The first-order valence-corrected chi connectivity index (χ1v) is 5.29. The fourth-order valence-electron chi connectivity index (χ4n) is 1.85. The first-order chi connectivity index (χ1) is 6.24. The molecule has 1 atom stereocenters. The minimum absolute atomic E-state index is 0.0689. The molecule has 66 valence electrons. The van der Waals surface area contributed by atoms with E-state index in [1.165, 1.54) is 5.56 Å². The van der Waals surface area contributed by atoms with Crippen LogP contribution < -0.4 is 5.73 Å². The number of rotatable bonds is 0. The highest BCUT2D eigenvalue weighted by Crippen LogP contribution is 2.33. The molecule has 1 aliphatic carbocycles. The standard InChI is InChI=1S/C10H9IN2/c11-8-3-1-6-2-4-9(13)10(6)7(8)5-12/h1,3,9H,2,4,13H2. The molecule has 0 saturated carbocycles. The molecule has 0 fully saturated rings. The van der Waals surface area contributed by atoms with Crippen LogP contribution in [0.3, 0.4) is 0 Å². The zero-order chi connectivity index (χ0) is 9.42. The van der Waals surface area contributed by atoms with E-state index in [2.05, 4.69) is 34.7 Å². The topological polar surface area (TPSA) is 49.8 Å². The second-order valence-corrected chi connectivity index (χ2v) is 4.41. The van der Waals surface area contributed by atoms with E-state index >= 15 is 0 Å². The lowest BCUT2D eigenvalue weighted by Crippen LogP contribution is -2.08. The third kappa shape index (κ3) is 1.34. The Labute approximate surface area is 90.9 Å². The maximum Gasteiger partial charge on any atom is 0.101 e. The number of hydrogen-bond donors (Lipinski definition) is 1. The Morgan fingerprint density at radius 1 is 1.54 bits per heavy atom. The van der Waals surface area contributed by atoms with Crippen LogP contribution in [0.25, 0.3) is 0 Å². The molecule has 0 amide bonds. The highest BCUT2D eigenvalue weighted by atomic mass is 127. The Morgan fingerprint density at radius 3 is 3.00 bits per heavy atom. The Kier molecular flexibility index (Phi) is 2.26. The van der Waals surface area contributed by atoms with Crippen LogP contribution in [0.2, 0.25) is 0 Å². The Bertz CT molecular complexity index is 393. The third-order valence-corrected chi connectivity index (χ3v) is 3.39. The van der Waals surface area contributed by atoms with E-state index in [0.717, 1.165) is 27.5 Å². The van der Waals surface area contributed by atoms with E-state index in [9.17, 15) is 0 Å². The summed E-state index contributed by atoms with van der Waals surface area (Å²) in [6, 6.07) is 6.39. The first-order valence-electron chi connectivity index (χ1n) is 4.21. The average molecular weight is 284 g/mol. The Hall–Kier alpha value is -0.600. The quantitative estimate of drug-likeness (QED) is 0.742. The van der Waals surface area contributed by atoms with Gasteiger partial charge in [0, 0.05) is 9.61 Å². The molecule has 2 N–H and O–H groups in total. The van der Waals surface area contributed by atoms with Gasteiger partial charge in [-0.3, -0.25) is 0 Å². The van der Waals surface area contributed by atoms with Gasteiger partial charge in [-0.1, -0.05) is 6.07 Å². The largest absolute Gasteiger partial charge is 0.324 e. The Balaban J connectivity index is 2.69. The molecule has 0 bridgehead atoms. The SMILES string of the molecule is N#Cc1c(I)ccc2c1C(N)CC2. The van der Waals surface area contributed by atoms with Crippen molar-refractivity contribution >= 4 is 22.6 Å². The first kappa shape index (κ1) is 8.97.